The molecule has 6 nitrogen and oxygen atoms in total. The SMILES string of the molecule is COc1ccc(C=NNC(=O)c2cc(C)nc3ccc(OC)cc23)cc1. The molecule has 3 aromatic rings. The van der Waals surface area contributed by atoms with Gasteiger partial charge < -0.3 is 9.47 Å². The lowest BCUT2D eigenvalue weighted by Gasteiger charge is -2.08. The van der Waals surface area contributed by atoms with Crippen LogP contribution in [0.4, 0.5) is 0 Å². The molecule has 0 aliphatic heterocycles. The second-order valence-electron chi connectivity index (χ2n) is 5.67. The Labute approximate surface area is 151 Å². The normalized spacial score (nSPS) is 10.9. The molecule has 3 rings (SSSR count). The Bertz CT molecular complexity index is 966. The van der Waals surface area contributed by atoms with Crippen LogP contribution in [0.15, 0.2) is 53.6 Å². The average molecular weight is 349 g/mol. The van der Waals surface area contributed by atoms with Gasteiger partial charge in [-0.3, -0.25) is 9.78 Å². The zero-order valence-electron chi connectivity index (χ0n) is 14.8. The monoisotopic (exact) mass is 349 g/mol. The van der Waals surface area contributed by atoms with Crippen molar-refractivity contribution in [2.24, 2.45) is 5.10 Å². The fraction of sp³-hybridized carbons (Fsp3) is 0.150. The molecule has 0 spiro atoms. The van der Waals surface area contributed by atoms with Gasteiger partial charge in [0.15, 0.2) is 0 Å². The van der Waals surface area contributed by atoms with E-state index in [-0.39, 0.29) is 5.91 Å². The van der Waals surface area contributed by atoms with Gasteiger partial charge in [-0.05, 0) is 61.0 Å². The fourth-order valence-electron chi connectivity index (χ4n) is 2.57. The molecule has 0 saturated heterocycles. The largest absolute Gasteiger partial charge is 0.497 e. The molecule has 0 saturated carbocycles. The summed E-state index contributed by atoms with van der Waals surface area (Å²) in [6.45, 7) is 1.85. The molecular weight excluding hydrogens is 330 g/mol. The van der Waals surface area contributed by atoms with E-state index in [4.69, 9.17) is 9.47 Å². The molecule has 1 N–H and O–H groups in total. The summed E-state index contributed by atoms with van der Waals surface area (Å²) in [6, 6.07) is 14.5. The molecule has 132 valence electrons. The van der Waals surface area contributed by atoms with Crippen LogP contribution in [-0.2, 0) is 0 Å². The molecule has 6 heteroatoms. The summed E-state index contributed by atoms with van der Waals surface area (Å²) in [5.74, 6) is 1.12. The number of methoxy groups -OCH3 is 2. The lowest BCUT2D eigenvalue weighted by atomic mass is 10.1. The maximum absolute atomic E-state index is 12.6. The zero-order valence-corrected chi connectivity index (χ0v) is 14.8. The summed E-state index contributed by atoms with van der Waals surface area (Å²) in [4.78, 5) is 17.0. The van der Waals surface area contributed by atoms with E-state index in [1.54, 1.807) is 32.6 Å². The van der Waals surface area contributed by atoms with Crippen LogP contribution in [0.1, 0.15) is 21.6 Å². The topological polar surface area (TPSA) is 72.8 Å². The first kappa shape index (κ1) is 17.4. The summed E-state index contributed by atoms with van der Waals surface area (Å²) in [5, 5.41) is 4.75. The van der Waals surface area contributed by atoms with Crippen LogP contribution in [0.25, 0.3) is 10.9 Å². The Morgan fingerprint density at radius 1 is 1.04 bits per heavy atom. The zero-order chi connectivity index (χ0) is 18.5. The number of pyridine rings is 1. The van der Waals surface area contributed by atoms with Crippen LogP contribution in [0.2, 0.25) is 0 Å². The van der Waals surface area contributed by atoms with Gasteiger partial charge in [0, 0.05) is 11.1 Å². The first-order chi connectivity index (χ1) is 12.6. The highest BCUT2D eigenvalue weighted by molar-refractivity contribution is 6.06. The van der Waals surface area contributed by atoms with Crippen molar-refractivity contribution >= 4 is 23.0 Å². The molecule has 0 radical (unpaired) electrons. The van der Waals surface area contributed by atoms with Gasteiger partial charge >= 0.3 is 0 Å². The van der Waals surface area contributed by atoms with E-state index in [1.807, 2.05) is 43.3 Å². The minimum atomic E-state index is -0.307. The highest BCUT2D eigenvalue weighted by atomic mass is 16.5. The first-order valence-electron chi connectivity index (χ1n) is 8.03. The fourth-order valence-corrected chi connectivity index (χ4v) is 2.57. The number of carbonyl (C=O) groups is 1. The molecule has 0 fully saturated rings. The Morgan fingerprint density at radius 3 is 2.42 bits per heavy atom. The quantitative estimate of drug-likeness (QED) is 0.566. The molecule has 1 heterocycles. The molecule has 26 heavy (non-hydrogen) atoms. The second-order valence-corrected chi connectivity index (χ2v) is 5.67. The van der Waals surface area contributed by atoms with Crippen molar-refractivity contribution in [2.75, 3.05) is 14.2 Å². The van der Waals surface area contributed by atoms with Crippen molar-refractivity contribution < 1.29 is 14.3 Å². The average Bonchev–Trinajstić information content (AvgIpc) is 2.67. The third-order valence-electron chi connectivity index (χ3n) is 3.88. The summed E-state index contributed by atoms with van der Waals surface area (Å²) in [6.07, 6.45) is 1.58. The first-order valence-corrected chi connectivity index (χ1v) is 8.03. The predicted octanol–water partition coefficient (Wildman–Crippen LogP) is 3.32. The highest BCUT2D eigenvalue weighted by Crippen LogP contribution is 2.23. The Kier molecular flexibility index (Phi) is 5.12. The lowest BCUT2D eigenvalue weighted by Crippen LogP contribution is -2.18. The van der Waals surface area contributed by atoms with Gasteiger partial charge in [-0.25, -0.2) is 5.43 Å². The molecule has 0 aliphatic rings. The number of benzene rings is 2. The summed E-state index contributed by atoms with van der Waals surface area (Å²) < 4.78 is 10.4. The van der Waals surface area contributed by atoms with Crippen LogP contribution in [0, 0.1) is 6.92 Å². The van der Waals surface area contributed by atoms with E-state index >= 15 is 0 Å². The van der Waals surface area contributed by atoms with Crippen molar-refractivity contribution in [3.8, 4) is 11.5 Å². The summed E-state index contributed by atoms with van der Waals surface area (Å²) in [5.41, 5.74) is 5.40. The third kappa shape index (κ3) is 3.80. The van der Waals surface area contributed by atoms with Crippen molar-refractivity contribution in [3.05, 3.63) is 65.4 Å². The molecule has 1 aromatic heterocycles. The molecular formula is C20H19N3O3. The lowest BCUT2D eigenvalue weighted by molar-refractivity contribution is 0.0956. The van der Waals surface area contributed by atoms with E-state index < -0.39 is 0 Å². The molecule has 0 atom stereocenters. The van der Waals surface area contributed by atoms with Crippen molar-refractivity contribution in [1.82, 2.24) is 10.4 Å². The Balaban J connectivity index is 1.83. The van der Waals surface area contributed by atoms with Gasteiger partial charge in [0.05, 0.1) is 31.5 Å². The highest BCUT2D eigenvalue weighted by Gasteiger charge is 2.12. The van der Waals surface area contributed by atoms with E-state index in [1.165, 1.54) is 0 Å². The number of ether oxygens (including phenoxy) is 2. The van der Waals surface area contributed by atoms with Crippen molar-refractivity contribution in [1.29, 1.82) is 0 Å². The number of amides is 1. The number of hydrogen-bond acceptors (Lipinski definition) is 5. The summed E-state index contributed by atoms with van der Waals surface area (Å²) >= 11 is 0. The van der Waals surface area contributed by atoms with Gasteiger partial charge in [-0.15, -0.1) is 0 Å². The number of hydrazone groups is 1. The molecule has 0 bridgehead atoms. The summed E-state index contributed by atoms with van der Waals surface area (Å²) in [7, 11) is 3.20. The van der Waals surface area contributed by atoms with Gasteiger partial charge in [-0.2, -0.15) is 5.10 Å². The van der Waals surface area contributed by atoms with Gasteiger partial charge in [0.1, 0.15) is 11.5 Å². The van der Waals surface area contributed by atoms with E-state index in [9.17, 15) is 4.79 Å². The third-order valence-corrected chi connectivity index (χ3v) is 3.88. The molecule has 0 aliphatic carbocycles. The van der Waals surface area contributed by atoms with Gasteiger partial charge in [0.25, 0.3) is 5.91 Å². The van der Waals surface area contributed by atoms with Crippen LogP contribution in [0.3, 0.4) is 0 Å². The minimum absolute atomic E-state index is 0.307. The standard InChI is InChI=1S/C20H19N3O3/c1-13-10-18(17-11-16(26-3)8-9-19(17)22-13)20(24)23-21-12-14-4-6-15(25-2)7-5-14/h4-12H,1-3H3,(H,23,24). The smallest absolute Gasteiger partial charge is 0.272 e. The number of fused-ring (bicyclic) bond motifs is 1. The van der Waals surface area contributed by atoms with Crippen LogP contribution in [-0.4, -0.2) is 31.3 Å². The number of hydrogen-bond donors (Lipinski definition) is 1. The number of nitrogens with one attached hydrogen (secondary N) is 1. The van der Waals surface area contributed by atoms with Crippen molar-refractivity contribution in [2.45, 2.75) is 6.92 Å². The second kappa shape index (κ2) is 7.65. The molecule has 0 unspecified atom stereocenters. The van der Waals surface area contributed by atoms with Gasteiger partial charge in [-0.1, -0.05) is 0 Å². The predicted molar refractivity (Wildman–Crippen MR) is 101 cm³/mol. The number of aryl methyl sites for hydroxylation is 1. The number of nitrogens with zero attached hydrogens (tertiary/aromatic N) is 2. The number of aromatic nitrogens is 1. The van der Waals surface area contributed by atoms with Crippen molar-refractivity contribution in [3.63, 3.8) is 0 Å². The van der Waals surface area contributed by atoms with Crippen LogP contribution >= 0.6 is 0 Å². The maximum atomic E-state index is 12.6. The van der Waals surface area contributed by atoms with Crippen LogP contribution < -0.4 is 14.9 Å². The van der Waals surface area contributed by atoms with E-state index in [0.29, 0.717) is 16.7 Å². The minimum Gasteiger partial charge on any atom is -0.497 e. The maximum Gasteiger partial charge on any atom is 0.272 e. The van der Waals surface area contributed by atoms with Gasteiger partial charge in [0.2, 0.25) is 0 Å². The van der Waals surface area contributed by atoms with E-state index in [0.717, 1.165) is 22.5 Å². The number of carbonyl (C=O) groups excluding carboxylic acids is 1. The van der Waals surface area contributed by atoms with Crippen LogP contribution in [0.5, 0.6) is 11.5 Å². The molecule has 2 aromatic carbocycles. The number of rotatable bonds is 5. The molecule has 1 amide bonds. The van der Waals surface area contributed by atoms with E-state index in [2.05, 4.69) is 15.5 Å². The Morgan fingerprint density at radius 2 is 1.73 bits per heavy atom. The Hall–Kier alpha value is -3.41.